The predicted molar refractivity (Wildman–Crippen MR) is 167 cm³/mol. The third-order valence-electron chi connectivity index (χ3n) is 7.45. The van der Waals surface area contributed by atoms with Crippen LogP contribution in [0.2, 0.25) is 0 Å². The zero-order valence-corrected chi connectivity index (χ0v) is 27.2. The monoisotopic (exact) mass is 695 g/mol. The number of ether oxygens (including phenoxy) is 1. The number of benzene rings is 1. The second-order valence-corrected chi connectivity index (χ2v) is 12.9. The molecule has 1 aliphatic heterocycles. The molecule has 0 aliphatic carbocycles. The summed E-state index contributed by atoms with van der Waals surface area (Å²) in [5.41, 5.74) is 17.4. The van der Waals surface area contributed by atoms with Crippen LogP contribution in [0.4, 0.5) is 10.9 Å². The van der Waals surface area contributed by atoms with Gasteiger partial charge in [-0.25, -0.2) is 9.78 Å². The Morgan fingerprint density at radius 2 is 1.91 bits per heavy atom. The van der Waals surface area contributed by atoms with Gasteiger partial charge in [0.15, 0.2) is 29.0 Å². The Kier molecular flexibility index (Phi) is 10.5. The van der Waals surface area contributed by atoms with Crippen molar-refractivity contribution in [3.05, 3.63) is 41.5 Å². The summed E-state index contributed by atoms with van der Waals surface area (Å²) in [6.45, 7) is 3.58. The molecule has 0 spiro atoms. The number of hydrogen-bond donors (Lipinski definition) is 5. The molecule has 1 amide bonds. The van der Waals surface area contributed by atoms with Gasteiger partial charge in [0.05, 0.1) is 24.1 Å². The van der Waals surface area contributed by atoms with Gasteiger partial charge in [0.25, 0.3) is 12.0 Å². The summed E-state index contributed by atoms with van der Waals surface area (Å²) in [6.07, 6.45) is 0.522. The summed E-state index contributed by atoms with van der Waals surface area (Å²) < 4.78 is 44.9. The number of oxime groups is 1. The van der Waals surface area contributed by atoms with Gasteiger partial charge in [-0.2, -0.15) is 13.5 Å². The molecular formula is C27H35N8O10S2+. The van der Waals surface area contributed by atoms with Gasteiger partial charge in [-0.1, -0.05) is 17.3 Å². The highest BCUT2D eigenvalue weighted by molar-refractivity contribution is 7.80. The van der Waals surface area contributed by atoms with E-state index in [0.717, 1.165) is 28.9 Å². The highest BCUT2D eigenvalue weighted by Crippen LogP contribution is 2.40. The van der Waals surface area contributed by atoms with Crippen LogP contribution >= 0.6 is 11.3 Å². The lowest BCUT2D eigenvalue weighted by Crippen LogP contribution is -2.68. The zero-order chi connectivity index (χ0) is 34.7. The minimum atomic E-state index is -4.99. The average molecular weight is 696 g/mol. The molecule has 1 unspecified atom stereocenters. The number of amides is 1. The maximum atomic E-state index is 13.3. The van der Waals surface area contributed by atoms with Crippen molar-refractivity contribution < 1.29 is 51.0 Å². The van der Waals surface area contributed by atoms with Crippen LogP contribution in [0, 0.1) is 5.92 Å². The highest BCUT2D eigenvalue weighted by atomic mass is 32.3. The quantitative estimate of drug-likeness (QED) is 0.0438. The topological polar surface area (TPSA) is 269 Å². The number of hydrogen-bond acceptors (Lipinski definition) is 14. The van der Waals surface area contributed by atoms with Crippen LogP contribution in [0.1, 0.15) is 32.4 Å². The number of hydroxylamine groups is 2. The number of carbonyl (C=O) groups excluding carboxylic acids is 2. The molecule has 1 aliphatic rings. The van der Waals surface area contributed by atoms with Crippen molar-refractivity contribution in [2.45, 2.75) is 44.9 Å². The molecule has 18 nitrogen and oxygen atoms in total. The summed E-state index contributed by atoms with van der Waals surface area (Å²) in [5, 5.41) is 15.4. The third kappa shape index (κ3) is 8.03. The Bertz CT molecular complexity index is 1790. The summed E-state index contributed by atoms with van der Waals surface area (Å²) >= 11 is 0.982. The first-order valence-corrected chi connectivity index (χ1v) is 16.3. The van der Waals surface area contributed by atoms with E-state index >= 15 is 0 Å². The molecule has 0 saturated carbocycles. The van der Waals surface area contributed by atoms with Crippen molar-refractivity contribution in [2.24, 2.45) is 23.9 Å². The average Bonchev–Trinajstić information content (AvgIpc) is 3.56. The molecule has 0 radical (unpaired) electrons. The number of β-lactam (4-membered cyclic amide) rings is 1. The largest absolute Gasteiger partial charge is 0.489 e. The number of aromatic nitrogens is 3. The maximum Gasteiger partial charge on any atom is 0.418 e. The van der Waals surface area contributed by atoms with Crippen LogP contribution in [0.5, 0.6) is 5.75 Å². The van der Waals surface area contributed by atoms with E-state index in [1.165, 1.54) is 19.2 Å². The number of ketones is 1. The van der Waals surface area contributed by atoms with Crippen molar-refractivity contribution in [3.63, 3.8) is 0 Å². The first-order chi connectivity index (χ1) is 22.0. The molecule has 2 atom stereocenters. The van der Waals surface area contributed by atoms with Crippen molar-refractivity contribution in [2.75, 3.05) is 24.6 Å². The number of nitrogen functional groups attached to an aromatic ring is 2. The molecule has 1 fully saturated rings. The highest BCUT2D eigenvalue weighted by Gasteiger charge is 2.57. The third-order valence-corrected chi connectivity index (χ3v) is 8.47. The summed E-state index contributed by atoms with van der Waals surface area (Å²) in [7, 11) is -3.15. The Hall–Kier alpha value is -4.63. The van der Waals surface area contributed by atoms with E-state index in [0.29, 0.717) is 29.7 Å². The molecule has 47 heavy (non-hydrogen) atoms. The fourth-order valence-corrected chi connectivity index (χ4v) is 5.76. The van der Waals surface area contributed by atoms with Gasteiger partial charge < -0.3 is 31.9 Å². The number of carboxylic acids is 1. The molecule has 3 heterocycles. The van der Waals surface area contributed by atoms with Gasteiger partial charge in [0, 0.05) is 18.2 Å². The van der Waals surface area contributed by atoms with Gasteiger partial charge in [-0.3, -0.25) is 14.1 Å². The normalized spacial score (nSPS) is 16.9. The number of aliphatic carboxylic acids is 1. The lowest BCUT2D eigenvalue weighted by molar-refractivity contribution is -0.772. The fraction of sp³-hybridized carbons (Fsp3) is 0.407. The Labute approximate surface area is 273 Å². The first-order valence-electron chi connectivity index (χ1n) is 14.0. The number of nitrogens with zero attached hydrogens (tertiary/aromatic N) is 5. The summed E-state index contributed by atoms with van der Waals surface area (Å²) in [4.78, 5) is 47.1. The molecule has 3 aromatic rings. The van der Waals surface area contributed by atoms with E-state index in [-0.39, 0.29) is 10.8 Å². The lowest BCUT2D eigenvalue weighted by Gasteiger charge is -2.50. The number of carbonyl (C=O) groups is 3. The van der Waals surface area contributed by atoms with Crippen molar-refractivity contribution >= 4 is 56.1 Å². The van der Waals surface area contributed by atoms with E-state index in [2.05, 4.69) is 14.4 Å². The number of rotatable bonds is 16. The van der Waals surface area contributed by atoms with Gasteiger partial charge in [0.1, 0.15) is 18.1 Å². The van der Waals surface area contributed by atoms with Gasteiger partial charge >= 0.3 is 16.4 Å². The first kappa shape index (κ1) is 35.2. The molecule has 1 aromatic carbocycles. The fourth-order valence-electron chi connectivity index (χ4n) is 4.76. The Morgan fingerprint density at radius 1 is 1.23 bits per heavy atom. The smallest absolute Gasteiger partial charge is 0.418 e. The lowest BCUT2D eigenvalue weighted by atomic mass is 9.74. The number of aryl methyl sites for hydroxylation is 1. The predicted octanol–water partition coefficient (Wildman–Crippen LogP) is 0.133. The standard InChI is InChI=1S/C27H34N8O10S2/c1-27(2)18(24(37)35(27)45-47(40,41)42)11-20(36)22(19-14-46-26(30)31-19)32-44-21(25(38)39)13-43-16-7-5-15(6-8-16)17-12-34(10-4-9-28)33(3)23(17)29/h5-8,12,14,18,21,29H,4,9-11,13,28H2,1-3H3,(H4,30,31,38,39,40,41,42)/p+1/b32-22-/t18?,21-/m0/s1. The van der Waals surface area contributed by atoms with Crippen molar-refractivity contribution in [1.82, 2.24) is 14.7 Å². The van der Waals surface area contributed by atoms with E-state index in [4.69, 9.17) is 31.3 Å². The van der Waals surface area contributed by atoms with Crippen LogP contribution in [-0.2, 0) is 47.5 Å². The van der Waals surface area contributed by atoms with Crippen LogP contribution in [0.15, 0.2) is 41.0 Å². The number of nitrogens with two attached hydrogens (primary N) is 3. The Balaban J connectivity index is 1.46. The molecule has 254 valence electrons. The van der Waals surface area contributed by atoms with Gasteiger partial charge in [-0.15, -0.1) is 25.0 Å². The molecule has 8 N–H and O–H groups in total. The number of Topliss-reactive ketones (excluding diaryl/α,β-unsaturated/α-hetero) is 1. The molecule has 20 heteroatoms. The molecular weight excluding hydrogens is 660 g/mol. The van der Waals surface area contributed by atoms with Gasteiger partial charge in [-0.05, 0) is 38.1 Å². The van der Waals surface area contributed by atoms with E-state index in [1.54, 1.807) is 24.3 Å². The van der Waals surface area contributed by atoms with Gasteiger partial charge in [0.2, 0.25) is 6.20 Å². The van der Waals surface area contributed by atoms with Crippen LogP contribution < -0.4 is 26.6 Å². The zero-order valence-electron chi connectivity index (χ0n) is 25.6. The second kappa shape index (κ2) is 14.0. The van der Waals surface area contributed by atoms with Crippen LogP contribution in [-0.4, -0.2) is 81.0 Å². The summed E-state index contributed by atoms with van der Waals surface area (Å²) in [5.74, 6) is -3.32. The van der Waals surface area contributed by atoms with Crippen LogP contribution in [0.3, 0.4) is 0 Å². The van der Waals surface area contributed by atoms with E-state index in [9.17, 15) is 27.9 Å². The molecule has 4 rings (SSSR count). The Morgan fingerprint density at radius 3 is 2.47 bits per heavy atom. The number of carboxylic acid groups (broad SMARTS) is 1. The number of thiazole rings is 1. The molecule has 2 aromatic heterocycles. The maximum absolute atomic E-state index is 13.3. The molecule has 1 saturated heterocycles. The van der Waals surface area contributed by atoms with Crippen LogP contribution in [0.25, 0.3) is 11.1 Å². The minimum Gasteiger partial charge on any atom is -0.489 e. The van der Waals surface area contributed by atoms with E-state index < -0.39 is 64.4 Å². The molecule has 0 bridgehead atoms. The van der Waals surface area contributed by atoms with Crippen molar-refractivity contribution in [1.29, 1.82) is 0 Å². The minimum absolute atomic E-state index is 0.0294. The second-order valence-electron chi connectivity index (χ2n) is 11.0. The summed E-state index contributed by atoms with van der Waals surface area (Å²) in [6, 6.07) is 6.79. The SMILES string of the molecule is Cn1c(N)c(-c2ccc(OC[C@H](O/N=C(\C(=O)CC3C(=O)N(OS(=O)(=O)O)C3(C)C)c3csc(N)n3)C(=O)O)cc2)c[n+]1CCCN. The number of anilines is 2. The van der Waals surface area contributed by atoms with Crippen molar-refractivity contribution in [3.8, 4) is 16.9 Å². The van der Waals surface area contributed by atoms with E-state index in [1.807, 2.05) is 22.6 Å².